The zero-order chi connectivity index (χ0) is 23.3. The highest BCUT2D eigenvalue weighted by atomic mass is 19.1. The van der Waals surface area contributed by atoms with E-state index in [1.165, 1.54) is 31.2 Å². The van der Waals surface area contributed by atoms with Crippen molar-refractivity contribution in [1.29, 1.82) is 0 Å². The Morgan fingerprint density at radius 3 is 2.31 bits per heavy atom. The second-order valence-electron chi connectivity index (χ2n) is 7.93. The first-order valence-electron chi connectivity index (χ1n) is 10.3. The Morgan fingerprint density at radius 2 is 1.66 bits per heavy atom. The van der Waals surface area contributed by atoms with Crippen LogP contribution in [0.3, 0.4) is 0 Å². The molecule has 6 nitrogen and oxygen atoms in total. The summed E-state index contributed by atoms with van der Waals surface area (Å²) in [6.07, 6.45) is 0. The summed E-state index contributed by atoms with van der Waals surface area (Å²) in [5.41, 5.74) is -1.20. The van der Waals surface area contributed by atoms with E-state index in [1.54, 1.807) is 26.0 Å². The molecule has 0 aliphatic rings. The van der Waals surface area contributed by atoms with Crippen LogP contribution in [0.1, 0.15) is 31.1 Å². The van der Waals surface area contributed by atoms with Gasteiger partial charge in [-0.25, -0.2) is 9.18 Å². The number of nitrogens with one attached hydrogen (secondary N) is 1. The number of ether oxygens (including phenoxy) is 2. The predicted molar refractivity (Wildman–Crippen MR) is 120 cm³/mol. The van der Waals surface area contributed by atoms with Crippen molar-refractivity contribution in [3.63, 3.8) is 0 Å². The summed E-state index contributed by atoms with van der Waals surface area (Å²) >= 11 is 0. The van der Waals surface area contributed by atoms with Crippen molar-refractivity contribution >= 4 is 22.6 Å². The standard InChI is InChI=1S/C25H26FNO5/c1-16(2)25(3,24(29)30)27-23(28)21-13-8-17-6-4-5-7-20(17)22(21)32-15-14-31-19-11-9-18(26)10-12-19/h4-13,16H,14-15H2,1-3H3,(H,27,28)(H,29,30). The SMILES string of the molecule is CC(C)C(C)(NC(=O)c1ccc2ccccc2c1OCCOc1ccc(F)cc1)C(=O)O. The van der Waals surface area contributed by atoms with Gasteiger partial charge in [-0.2, -0.15) is 0 Å². The number of carbonyl (C=O) groups excluding carboxylic acids is 1. The smallest absolute Gasteiger partial charge is 0.329 e. The molecule has 3 aromatic rings. The molecule has 2 N–H and O–H groups in total. The van der Waals surface area contributed by atoms with E-state index in [1.807, 2.05) is 24.3 Å². The average Bonchev–Trinajstić information content (AvgIpc) is 2.77. The van der Waals surface area contributed by atoms with Crippen LogP contribution in [-0.4, -0.2) is 35.7 Å². The third-order valence-corrected chi connectivity index (χ3v) is 5.51. The number of fused-ring (bicyclic) bond motifs is 1. The number of rotatable bonds is 9. The van der Waals surface area contributed by atoms with Crippen molar-refractivity contribution in [1.82, 2.24) is 5.32 Å². The van der Waals surface area contributed by atoms with Crippen molar-refractivity contribution < 1.29 is 28.6 Å². The van der Waals surface area contributed by atoms with Crippen molar-refractivity contribution in [2.75, 3.05) is 13.2 Å². The van der Waals surface area contributed by atoms with Crippen LogP contribution < -0.4 is 14.8 Å². The fraction of sp³-hybridized carbons (Fsp3) is 0.280. The van der Waals surface area contributed by atoms with Crippen LogP contribution >= 0.6 is 0 Å². The van der Waals surface area contributed by atoms with Gasteiger partial charge in [0.2, 0.25) is 0 Å². The van der Waals surface area contributed by atoms with Gasteiger partial charge in [-0.15, -0.1) is 0 Å². The third-order valence-electron chi connectivity index (χ3n) is 5.51. The maximum atomic E-state index is 13.1. The summed E-state index contributed by atoms with van der Waals surface area (Å²) in [4.78, 5) is 24.9. The maximum absolute atomic E-state index is 13.1. The summed E-state index contributed by atoms with van der Waals surface area (Å²) in [6.45, 7) is 5.26. The number of halogens is 1. The lowest BCUT2D eigenvalue weighted by Crippen LogP contribution is -2.55. The van der Waals surface area contributed by atoms with Gasteiger partial charge in [0.05, 0.1) is 5.56 Å². The lowest BCUT2D eigenvalue weighted by molar-refractivity contribution is -0.145. The minimum absolute atomic E-state index is 0.131. The van der Waals surface area contributed by atoms with Crippen molar-refractivity contribution in [2.24, 2.45) is 5.92 Å². The Balaban J connectivity index is 1.83. The first-order valence-corrected chi connectivity index (χ1v) is 10.3. The minimum atomic E-state index is -1.44. The van der Waals surface area contributed by atoms with Gasteiger partial charge in [-0.3, -0.25) is 4.79 Å². The molecule has 0 fully saturated rings. The van der Waals surface area contributed by atoms with E-state index in [0.717, 1.165) is 10.8 Å². The number of hydrogen-bond acceptors (Lipinski definition) is 4. The predicted octanol–water partition coefficient (Wildman–Crippen LogP) is 4.67. The topological polar surface area (TPSA) is 84.9 Å². The summed E-state index contributed by atoms with van der Waals surface area (Å²) in [5.74, 6) is -1.49. The van der Waals surface area contributed by atoms with Gasteiger partial charge in [0.1, 0.15) is 36.1 Å². The number of carboxylic acid groups (broad SMARTS) is 1. The zero-order valence-electron chi connectivity index (χ0n) is 18.2. The Kier molecular flexibility index (Phi) is 6.98. The Hall–Kier alpha value is -3.61. The molecule has 0 bridgehead atoms. The lowest BCUT2D eigenvalue weighted by Gasteiger charge is -2.30. The summed E-state index contributed by atoms with van der Waals surface area (Å²) in [5, 5.41) is 13.9. The van der Waals surface area contributed by atoms with Crippen molar-refractivity contribution in [2.45, 2.75) is 26.3 Å². The second kappa shape index (κ2) is 9.68. The van der Waals surface area contributed by atoms with E-state index < -0.39 is 17.4 Å². The third kappa shape index (κ3) is 4.99. The van der Waals surface area contributed by atoms with Crippen LogP contribution in [0.15, 0.2) is 60.7 Å². The monoisotopic (exact) mass is 439 g/mol. The van der Waals surface area contributed by atoms with E-state index in [4.69, 9.17) is 9.47 Å². The Morgan fingerprint density at radius 1 is 1.00 bits per heavy atom. The highest BCUT2D eigenvalue weighted by Gasteiger charge is 2.39. The van der Waals surface area contributed by atoms with Crippen molar-refractivity contribution in [3.05, 3.63) is 72.0 Å². The van der Waals surface area contributed by atoms with E-state index in [9.17, 15) is 19.1 Å². The minimum Gasteiger partial charge on any atom is -0.490 e. The van der Waals surface area contributed by atoms with Crippen LogP contribution in [0.4, 0.5) is 4.39 Å². The summed E-state index contributed by atoms with van der Waals surface area (Å²) in [6, 6.07) is 16.5. The number of hydrogen-bond donors (Lipinski definition) is 2. The van der Waals surface area contributed by atoms with Crippen LogP contribution in [-0.2, 0) is 4.79 Å². The Bertz CT molecular complexity index is 1110. The van der Waals surface area contributed by atoms with Crippen LogP contribution in [0.2, 0.25) is 0 Å². The number of aliphatic carboxylic acids is 1. The molecule has 3 aromatic carbocycles. The first-order chi connectivity index (χ1) is 15.2. The van der Waals surface area contributed by atoms with E-state index in [-0.39, 0.29) is 30.5 Å². The van der Waals surface area contributed by atoms with Gasteiger partial charge in [-0.1, -0.05) is 44.2 Å². The Labute approximate surface area is 186 Å². The molecular formula is C25H26FNO5. The van der Waals surface area contributed by atoms with E-state index >= 15 is 0 Å². The largest absolute Gasteiger partial charge is 0.490 e. The molecule has 0 aromatic heterocycles. The molecule has 0 aliphatic carbocycles. The molecule has 0 heterocycles. The fourth-order valence-electron chi connectivity index (χ4n) is 3.16. The molecule has 7 heteroatoms. The summed E-state index contributed by atoms with van der Waals surface area (Å²) < 4.78 is 24.5. The highest BCUT2D eigenvalue weighted by Crippen LogP contribution is 2.31. The molecular weight excluding hydrogens is 413 g/mol. The molecule has 1 amide bonds. The molecule has 1 unspecified atom stereocenters. The van der Waals surface area contributed by atoms with Crippen LogP contribution in [0.25, 0.3) is 10.8 Å². The average molecular weight is 439 g/mol. The van der Waals surface area contributed by atoms with Gasteiger partial charge in [0.25, 0.3) is 5.91 Å². The molecule has 0 aliphatic heterocycles. The van der Waals surface area contributed by atoms with Gasteiger partial charge in [-0.05, 0) is 48.6 Å². The van der Waals surface area contributed by atoms with Gasteiger partial charge in [0.15, 0.2) is 0 Å². The number of carbonyl (C=O) groups is 2. The molecule has 1 atom stereocenters. The van der Waals surface area contributed by atoms with Crippen LogP contribution in [0, 0.1) is 11.7 Å². The van der Waals surface area contributed by atoms with Gasteiger partial charge >= 0.3 is 5.97 Å². The number of carboxylic acids is 1. The molecule has 0 spiro atoms. The number of amides is 1. The fourth-order valence-corrected chi connectivity index (χ4v) is 3.16. The van der Waals surface area contributed by atoms with Gasteiger partial charge < -0.3 is 19.9 Å². The van der Waals surface area contributed by atoms with Crippen molar-refractivity contribution in [3.8, 4) is 11.5 Å². The van der Waals surface area contributed by atoms with Gasteiger partial charge in [0, 0.05) is 5.39 Å². The van der Waals surface area contributed by atoms with E-state index in [2.05, 4.69) is 5.32 Å². The lowest BCUT2D eigenvalue weighted by atomic mass is 9.88. The summed E-state index contributed by atoms with van der Waals surface area (Å²) in [7, 11) is 0. The normalized spacial score (nSPS) is 12.9. The molecule has 0 saturated carbocycles. The molecule has 0 saturated heterocycles. The van der Waals surface area contributed by atoms with Crippen LogP contribution in [0.5, 0.6) is 11.5 Å². The molecule has 32 heavy (non-hydrogen) atoms. The number of benzene rings is 3. The molecule has 3 rings (SSSR count). The first kappa shape index (κ1) is 23.1. The maximum Gasteiger partial charge on any atom is 0.329 e. The highest BCUT2D eigenvalue weighted by molar-refractivity contribution is 6.05. The quantitative estimate of drug-likeness (QED) is 0.474. The molecule has 168 valence electrons. The molecule has 0 radical (unpaired) electrons. The van der Waals surface area contributed by atoms with E-state index in [0.29, 0.717) is 11.5 Å². The zero-order valence-corrected chi connectivity index (χ0v) is 18.2. The second-order valence-corrected chi connectivity index (χ2v) is 7.93.